The Labute approximate surface area is 114 Å². The molecule has 4 nitrogen and oxygen atoms in total. The van der Waals surface area contributed by atoms with Crippen molar-refractivity contribution in [1.29, 1.82) is 0 Å². The summed E-state index contributed by atoms with van der Waals surface area (Å²) in [5.74, 6) is -0.127. The van der Waals surface area contributed by atoms with E-state index in [1.54, 1.807) is 12.1 Å². The van der Waals surface area contributed by atoms with Crippen LogP contribution in [0.1, 0.15) is 36.5 Å². The summed E-state index contributed by atoms with van der Waals surface area (Å²) < 4.78 is 5.11. The highest BCUT2D eigenvalue weighted by Crippen LogP contribution is 2.21. The number of aryl methyl sites for hydroxylation is 2. The Morgan fingerprint density at radius 2 is 1.95 bits per heavy atom. The molecule has 0 amide bonds. The lowest BCUT2D eigenvalue weighted by atomic mass is 9.96. The zero-order chi connectivity index (χ0) is 14.4. The van der Waals surface area contributed by atoms with Gasteiger partial charge in [0, 0.05) is 0 Å². The number of phenolic OH excluding ortho intramolecular Hbond substituents is 1. The van der Waals surface area contributed by atoms with Crippen molar-refractivity contribution in [3.05, 3.63) is 28.8 Å². The first-order chi connectivity index (χ1) is 8.95. The molecule has 0 aromatic heterocycles. The van der Waals surface area contributed by atoms with E-state index in [9.17, 15) is 9.90 Å². The van der Waals surface area contributed by atoms with E-state index >= 15 is 0 Å². The molecule has 0 fully saturated rings. The molecule has 0 saturated carbocycles. The Hall–Kier alpha value is -1.55. The van der Waals surface area contributed by atoms with Gasteiger partial charge in [0.1, 0.15) is 11.8 Å². The van der Waals surface area contributed by atoms with Gasteiger partial charge in [0.05, 0.1) is 6.61 Å². The van der Waals surface area contributed by atoms with E-state index < -0.39 is 6.04 Å². The van der Waals surface area contributed by atoms with Gasteiger partial charge in [0.2, 0.25) is 0 Å². The number of benzene rings is 1. The molecule has 3 N–H and O–H groups in total. The molecule has 0 heterocycles. The van der Waals surface area contributed by atoms with E-state index in [1.165, 1.54) is 0 Å². The molecule has 0 aliphatic rings. The zero-order valence-electron chi connectivity index (χ0n) is 11.9. The first-order valence-electron chi connectivity index (χ1n) is 6.67. The second kappa shape index (κ2) is 7.14. The fraction of sp³-hybridized carbons (Fsp3) is 0.533. The Balaban J connectivity index is 2.66. The highest BCUT2D eigenvalue weighted by molar-refractivity contribution is 5.76. The maximum absolute atomic E-state index is 11.7. The summed E-state index contributed by atoms with van der Waals surface area (Å²) in [6, 6.07) is 2.70. The van der Waals surface area contributed by atoms with Crippen LogP contribution in [0.3, 0.4) is 0 Å². The quantitative estimate of drug-likeness (QED) is 0.611. The van der Waals surface area contributed by atoms with Gasteiger partial charge in [0.15, 0.2) is 0 Å². The van der Waals surface area contributed by atoms with Crippen LogP contribution in [-0.4, -0.2) is 23.7 Å². The number of hydrogen-bond acceptors (Lipinski definition) is 4. The summed E-state index contributed by atoms with van der Waals surface area (Å²) in [6.45, 7) is 6.27. The van der Waals surface area contributed by atoms with Gasteiger partial charge in [-0.2, -0.15) is 0 Å². The van der Waals surface area contributed by atoms with E-state index in [-0.39, 0.29) is 11.7 Å². The highest BCUT2D eigenvalue weighted by atomic mass is 16.5. The molecule has 106 valence electrons. The first-order valence-corrected chi connectivity index (χ1v) is 6.67. The van der Waals surface area contributed by atoms with Crippen molar-refractivity contribution in [3.63, 3.8) is 0 Å². The molecule has 0 aliphatic heterocycles. The second-order valence-electron chi connectivity index (χ2n) is 4.89. The average molecular weight is 265 g/mol. The molecule has 0 radical (unpaired) electrons. The van der Waals surface area contributed by atoms with Crippen molar-refractivity contribution >= 4 is 5.97 Å². The third-order valence-electron chi connectivity index (χ3n) is 3.15. The van der Waals surface area contributed by atoms with Crippen LogP contribution < -0.4 is 5.73 Å². The number of rotatable bonds is 6. The summed E-state index contributed by atoms with van der Waals surface area (Å²) >= 11 is 0. The normalized spacial score (nSPS) is 12.2. The van der Waals surface area contributed by atoms with E-state index in [4.69, 9.17) is 10.5 Å². The van der Waals surface area contributed by atoms with Crippen LogP contribution in [0.4, 0.5) is 0 Å². The second-order valence-corrected chi connectivity index (χ2v) is 4.89. The Morgan fingerprint density at radius 1 is 1.37 bits per heavy atom. The Kier molecular flexibility index (Phi) is 5.83. The third kappa shape index (κ3) is 4.56. The van der Waals surface area contributed by atoms with Gasteiger partial charge in [-0.1, -0.05) is 13.3 Å². The number of nitrogens with two attached hydrogens (primary N) is 1. The van der Waals surface area contributed by atoms with Crippen LogP contribution in [0.5, 0.6) is 5.75 Å². The monoisotopic (exact) mass is 265 g/mol. The fourth-order valence-electron chi connectivity index (χ4n) is 2.02. The van der Waals surface area contributed by atoms with Gasteiger partial charge >= 0.3 is 5.97 Å². The molecular weight excluding hydrogens is 242 g/mol. The van der Waals surface area contributed by atoms with Crippen LogP contribution in [0.15, 0.2) is 12.1 Å². The maximum atomic E-state index is 11.7. The minimum atomic E-state index is -0.654. The molecule has 0 bridgehead atoms. The lowest BCUT2D eigenvalue weighted by Gasteiger charge is -2.15. The van der Waals surface area contributed by atoms with E-state index in [0.717, 1.165) is 29.5 Å². The Morgan fingerprint density at radius 3 is 2.47 bits per heavy atom. The van der Waals surface area contributed by atoms with Gasteiger partial charge < -0.3 is 15.6 Å². The topological polar surface area (TPSA) is 72.5 Å². The van der Waals surface area contributed by atoms with Crippen molar-refractivity contribution in [2.75, 3.05) is 6.61 Å². The van der Waals surface area contributed by atoms with E-state index in [1.807, 2.05) is 20.8 Å². The SMILES string of the molecule is CCCCOC(=O)[C@@H](N)Cc1c(C)cc(O)cc1C. The summed E-state index contributed by atoms with van der Waals surface area (Å²) in [6.07, 6.45) is 2.28. The fourth-order valence-corrected chi connectivity index (χ4v) is 2.02. The molecule has 1 aromatic rings. The molecule has 1 atom stereocenters. The Bertz CT molecular complexity index is 420. The predicted octanol–water partition coefficient (Wildman–Crippen LogP) is 2.22. The molecular formula is C15H23NO3. The minimum Gasteiger partial charge on any atom is -0.508 e. The minimum absolute atomic E-state index is 0.234. The number of aromatic hydroxyl groups is 1. The lowest BCUT2D eigenvalue weighted by Crippen LogP contribution is -2.35. The van der Waals surface area contributed by atoms with Crippen molar-refractivity contribution in [3.8, 4) is 5.75 Å². The van der Waals surface area contributed by atoms with Crippen LogP contribution in [-0.2, 0) is 16.0 Å². The number of phenols is 1. The summed E-state index contributed by atoms with van der Waals surface area (Å²) in [5, 5.41) is 9.48. The van der Waals surface area contributed by atoms with Crippen molar-refractivity contribution in [2.24, 2.45) is 5.73 Å². The molecule has 4 heteroatoms. The molecule has 1 rings (SSSR count). The van der Waals surface area contributed by atoms with Crippen molar-refractivity contribution in [1.82, 2.24) is 0 Å². The number of carbonyl (C=O) groups is 1. The molecule has 0 saturated heterocycles. The van der Waals surface area contributed by atoms with Crippen LogP contribution >= 0.6 is 0 Å². The molecule has 0 spiro atoms. The van der Waals surface area contributed by atoms with Gasteiger partial charge in [0.25, 0.3) is 0 Å². The summed E-state index contributed by atoms with van der Waals surface area (Å²) in [7, 11) is 0. The third-order valence-corrected chi connectivity index (χ3v) is 3.15. The first kappa shape index (κ1) is 15.5. The smallest absolute Gasteiger partial charge is 0.323 e. The number of hydrogen-bond donors (Lipinski definition) is 2. The van der Waals surface area contributed by atoms with Crippen LogP contribution in [0.2, 0.25) is 0 Å². The van der Waals surface area contributed by atoms with E-state index in [0.29, 0.717) is 13.0 Å². The average Bonchev–Trinajstić information content (AvgIpc) is 2.33. The molecule has 0 unspecified atom stereocenters. The van der Waals surface area contributed by atoms with E-state index in [2.05, 4.69) is 0 Å². The largest absolute Gasteiger partial charge is 0.508 e. The maximum Gasteiger partial charge on any atom is 0.323 e. The number of esters is 1. The van der Waals surface area contributed by atoms with Crippen LogP contribution in [0.25, 0.3) is 0 Å². The van der Waals surface area contributed by atoms with Crippen LogP contribution in [0, 0.1) is 13.8 Å². The summed E-state index contributed by atoms with van der Waals surface area (Å²) in [5.41, 5.74) is 8.75. The summed E-state index contributed by atoms with van der Waals surface area (Å²) in [4.78, 5) is 11.7. The van der Waals surface area contributed by atoms with Gasteiger partial charge in [-0.25, -0.2) is 0 Å². The molecule has 1 aromatic carbocycles. The predicted molar refractivity (Wildman–Crippen MR) is 75.1 cm³/mol. The van der Waals surface area contributed by atoms with Crippen molar-refractivity contribution in [2.45, 2.75) is 46.1 Å². The zero-order valence-corrected chi connectivity index (χ0v) is 11.9. The molecule has 19 heavy (non-hydrogen) atoms. The highest BCUT2D eigenvalue weighted by Gasteiger charge is 2.18. The standard InChI is InChI=1S/C15H23NO3/c1-4-5-6-19-15(18)14(16)9-13-10(2)7-12(17)8-11(13)3/h7-8,14,17H,4-6,9,16H2,1-3H3/t14-/m0/s1. The lowest BCUT2D eigenvalue weighted by molar-refractivity contribution is -0.145. The number of unbranched alkanes of at least 4 members (excludes halogenated alkanes) is 1. The molecule has 0 aliphatic carbocycles. The van der Waals surface area contributed by atoms with Gasteiger partial charge in [-0.05, 0) is 55.5 Å². The van der Waals surface area contributed by atoms with Gasteiger partial charge in [-0.15, -0.1) is 0 Å². The van der Waals surface area contributed by atoms with Crippen molar-refractivity contribution < 1.29 is 14.6 Å². The number of carbonyl (C=O) groups excluding carboxylic acids is 1. The number of ether oxygens (including phenoxy) is 1. The van der Waals surface area contributed by atoms with Gasteiger partial charge in [-0.3, -0.25) is 4.79 Å².